The summed E-state index contributed by atoms with van der Waals surface area (Å²) >= 11 is 0. The van der Waals surface area contributed by atoms with E-state index in [2.05, 4.69) is 5.54 Å². The van der Waals surface area contributed by atoms with E-state index in [1.807, 2.05) is 43.8 Å². The maximum atomic E-state index is 5.67. The van der Waals surface area contributed by atoms with Crippen LogP contribution < -0.4 is 5.19 Å². The van der Waals surface area contributed by atoms with Gasteiger partial charge in [-0.05, 0) is 18.7 Å². The van der Waals surface area contributed by atoms with Crippen molar-refractivity contribution in [2.75, 3.05) is 6.61 Å². The monoisotopic (exact) mass is 190 g/mol. The SMILES string of the molecule is C#C[Si](C)(OCC)c1ccccc1. The zero-order chi connectivity index (χ0) is 9.73. The van der Waals surface area contributed by atoms with Gasteiger partial charge in [0.2, 0.25) is 0 Å². The molecule has 0 aromatic heterocycles. The molecule has 13 heavy (non-hydrogen) atoms. The van der Waals surface area contributed by atoms with Crippen LogP contribution in [0.3, 0.4) is 0 Å². The Labute approximate surface area is 80.9 Å². The highest BCUT2D eigenvalue weighted by molar-refractivity contribution is 6.92. The highest BCUT2D eigenvalue weighted by atomic mass is 28.4. The normalized spacial score (nSPS) is 14.5. The van der Waals surface area contributed by atoms with E-state index in [1.165, 1.54) is 5.19 Å². The van der Waals surface area contributed by atoms with Gasteiger partial charge >= 0.3 is 8.32 Å². The first-order valence-corrected chi connectivity index (χ1v) is 6.81. The van der Waals surface area contributed by atoms with Crippen LogP contribution in [-0.4, -0.2) is 14.9 Å². The largest absolute Gasteiger partial charge is 0.402 e. The molecule has 2 heteroatoms. The molecule has 0 N–H and O–H groups in total. The molecule has 1 unspecified atom stereocenters. The van der Waals surface area contributed by atoms with Crippen molar-refractivity contribution in [3.63, 3.8) is 0 Å². The number of hydrogen-bond acceptors (Lipinski definition) is 1. The topological polar surface area (TPSA) is 9.23 Å². The van der Waals surface area contributed by atoms with E-state index in [0.29, 0.717) is 6.61 Å². The van der Waals surface area contributed by atoms with E-state index >= 15 is 0 Å². The van der Waals surface area contributed by atoms with Crippen LogP contribution >= 0.6 is 0 Å². The van der Waals surface area contributed by atoms with Gasteiger partial charge in [0.15, 0.2) is 0 Å². The Kier molecular flexibility index (Phi) is 3.29. The van der Waals surface area contributed by atoms with Crippen LogP contribution in [-0.2, 0) is 4.43 Å². The summed E-state index contributed by atoms with van der Waals surface area (Å²) in [4.78, 5) is 0. The molecule has 0 bridgehead atoms. The summed E-state index contributed by atoms with van der Waals surface area (Å²) in [6.07, 6.45) is 5.51. The fourth-order valence-electron chi connectivity index (χ4n) is 1.25. The third-order valence-corrected chi connectivity index (χ3v) is 4.89. The Hall–Kier alpha value is -1.04. The van der Waals surface area contributed by atoms with Crippen LogP contribution in [0.5, 0.6) is 0 Å². The Morgan fingerprint density at radius 3 is 2.46 bits per heavy atom. The molecular weight excluding hydrogens is 176 g/mol. The second-order valence-corrected chi connectivity index (χ2v) is 6.20. The van der Waals surface area contributed by atoms with E-state index in [4.69, 9.17) is 10.8 Å². The summed E-state index contributed by atoms with van der Waals surface area (Å²) in [6, 6.07) is 10.1. The van der Waals surface area contributed by atoms with Gasteiger partial charge in [0.1, 0.15) is 0 Å². The van der Waals surface area contributed by atoms with Crippen molar-refractivity contribution < 1.29 is 4.43 Å². The molecule has 1 atom stereocenters. The molecule has 0 aliphatic heterocycles. The standard InChI is InChI=1S/C11H14OSi/c1-4-12-13(3,5-2)11-9-7-6-8-10-11/h2,6-10H,4H2,1,3H3. The van der Waals surface area contributed by atoms with Gasteiger partial charge in [0.05, 0.1) is 0 Å². The van der Waals surface area contributed by atoms with E-state index in [9.17, 15) is 0 Å². The van der Waals surface area contributed by atoms with Gasteiger partial charge in [-0.25, -0.2) is 0 Å². The molecule has 0 aliphatic carbocycles. The second-order valence-electron chi connectivity index (χ2n) is 2.98. The van der Waals surface area contributed by atoms with Crippen molar-refractivity contribution in [1.29, 1.82) is 0 Å². The number of hydrogen-bond donors (Lipinski definition) is 0. The average Bonchev–Trinajstić information content (AvgIpc) is 2.19. The number of rotatable bonds is 3. The molecule has 0 aliphatic rings. The highest BCUT2D eigenvalue weighted by Gasteiger charge is 2.28. The van der Waals surface area contributed by atoms with Crippen molar-refractivity contribution in [2.24, 2.45) is 0 Å². The van der Waals surface area contributed by atoms with Gasteiger partial charge in [-0.3, -0.25) is 0 Å². The van der Waals surface area contributed by atoms with Crippen LogP contribution in [0, 0.1) is 12.0 Å². The van der Waals surface area contributed by atoms with Crippen LogP contribution in [0.4, 0.5) is 0 Å². The fourth-order valence-corrected chi connectivity index (χ4v) is 3.08. The number of terminal acetylenes is 1. The molecule has 0 heterocycles. The van der Waals surface area contributed by atoms with E-state index < -0.39 is 8.32 Å². The third kappa shape index (κ3) is 2.21. The first kappa shape index (κ1) is 10.0. The van der Waals surface area contributed by atoms with Gasteiger partial charge in [0.25, 0.3) is 0 Å². The third-order valence-electron chi connectivity index (χ3n) is 2.03. The van der Waals surface area contributed by atoms with E-state index in [0.717, 1.165) is 0 Å². The summed E-state index contributed by atoms with van der Waals surface area (Å²) in [5.41, 5.74) is 2.81. The van der Waals surface area contributed by atoms with Crippen LogP contribution in [0.1, 0.15) is 6.92 Å². The lowest BCUT2D eigenvalue weighted by molar-refractivity contribution is 0.344. The zero-order valence-electron chi connectivity index (χ0n) is 8.08. The highest BCUT2D eigenvalue weighted by Crippen LogP contribution is 2.03. The minimum Gasteiger partial charge on any atom is -0.402 e. The molecule has 1 nitrogen and oxygen atoms in total. The first-order valence-electron chi connectivity index (χ1n) is 4.40. The summed E-state index contributed by atoms with van der Waals surface area (Å²) in [6.45, 7) is 4.71. The Bertz CT molecular complexity index is 302. The Balaban J connectivity index is 2.98. The lowest BCUT2D eigenvalue weighted by Crippen LogP contribution is -2.46. The van der Waals surface area contributed by atoms with Crippen LogP contribution in [0.2, 0.25) is 6.55 Å². The maximum Gasteiger partial charge on any atom is 0.300 e. The fraction of sp³-hybridized carbons (Fsp3) is 0.273. The Morgan fingerprint density at radius 1 is 1.38 bits per heavy atom. The van der Waals surface area contributed by atoms with Gasteiger partial charge in [-0.15, -0.1) is 6.42 Å². The van der Waals surface area contributed by atoms with Crippen molar-refractivity contribution in [3.05, 3.63) is 30.3 Å². The average molecular weight is 190 g/mol. The van der Waals surface area contributed by atoms with Crippen LogP contribution in [0.25, 0.3) is 0 Å². The first-order chi connectivity index (χ1) is 6.23. The van der Waals surface area contributed by atoms with Crippen molar-refractivity contribution >= 4 is 13.5 Å². The summed E-state index contributed by atoms with van der Waals surface area (Å²) in [7, 11) is -2.07. The second kappa shape index (κ2) is 4.27. The van der Waals surface area contributed by atoms with Gasteiger partial charge in [-0.2, -0.15) is 0 Å². The molecule has 1 aromatic carbocycles. The lowest BCUT2D eigenvalue weighted by Gasteiger charge is -2.20. The molecular formula is C11H14OSi. The minimum atomic E-state index is -2.07. The van der Waals surface area contributed by atoms with Crippen molar-refractivity contribution in [1.82, 2.24) is 0 Å². The minimum absolute atomic E-state index is 0.682. The molecule has 0 radical (unpaired) electrons. The molecule has 0 saturated heterocycles. The number of benzene rings is 1. The van der Waals surface area contributed by atoms with Crippen molar-refractivity contribution in [2.45, 2.75) is 13.5 Å². The van der Waals surface area contributed by atoms with E-state index in [-0.39, 0.29) is 0 Å². The predicted molar refractivity (Wildman–Crippen MR) is 58.2 cm³/mol. The quantitative estimate of drug-likeness (QED) is 0.520. The summed E-state index contributed by atoms with van der Waals surface area (Å²) in [5, 5.41) is 1.17. The van der Waals surface area contributed by atoms with E-state index in [1.54, 1.807) is 0 Å². The van der Waals surface area contributed by atoms with Gasteiger partial charge in [-0.1, -0.05) is 35.9 Å². The molecule has 0 fully saturated rings. The molecule has 0 spiro atoms. The van der Waals surface area contributed by atoms with Crippen molar-refractivity contribution in [3.8, 4) is 12.0 Å². The molecule has 1 rings (SSSR count). The van der Waals surface area contributed by atoms with Gasteiger partial charge < -0.3 is 4.43 Å². The lowest BCUT2D eigenvalue weighted by atomic mass is 10.4. The van der Waals surface area contributed by atoms with Gasteiger partial charge in [0, 0.05) is 6.61 Å². The smallest absolute Gasteiger partial charge is 0.300 e. The maximum absolute atomic E-state index is 5.67. The van der Waals surface area contributed by atoms with Crippen LogP contribution in [0.15, 0.2) is 30.3 Å². The Morgan fingerprint density at radius 2 is 2.00 bits per heavy atom. The molecule has 0 saturated carbocycles. The summed E-state index contributed by atoms with van der Waals surface area (Å²) < 4.78 is 5.67. The summed E-state index contributed by atoms with van der Waals surface area (Å²) in [5.74, 6) is 0. The molecule has 1 aromatic rings. The molecule has 68 valence electrons. The zero-order valence-corrected chi connectivity index (χ0v) is 9.08. The predicted octanol–water partition coefficient (Wildman–Crippen LogP) is 1.68. The molecule has 0 amide bonds.